The summed E-state index contributed by atoms with van der Waals surface area (Å²) in [4.78, 5) is 0. The minimum absolute atomic E-state index is 0.0593. The minimum Gasteiger partial charge on any atom is -0.488 e. The molecule has 0 saturated carbocycles. The summed E-state index contributed by atoms with van der Waals surface area (Å²) in [5, 5.41) is 0.912. The molecule has 0 heterocycles. The van der Waals surface area contributed by atoms with Crippen LogP contribution in [0.3, 0.4) is 0 Å². The lowest BCUT2D eigenvalue weighted by Gasteiger charge is -2.15. The third-order valence-electron chi connectivity index (χ3n) is 1.65. The molecule has 1 aromatic rings. The van der Waals surface area contributed by atoms with E-state index in [0.717, 1.165) is 0 Å². The van der Waals surface area contributed by atoms with Crippen LogP contribution in [0.5, 0.6) is 5.75 Å². The number of halogens is 2. The third-order valence-corrected chi connectivity index (χ3v) is 2.45. The maximum absolute atomic E-state index is 5.93. The highest BCUT2D eigenvalue weighted by molar-refractivity contribution is 6.42. The molecule has 0 saturated heterocycles. The van der Waals surface area contributed by atoms with Crippen LogP contribution in [-0.2, 0) is 0 Å². The molecule has 0 amide bonds. The first kappa shape index (κ1) is 11.6. The highest BCUT2D eigenvalue weighted by Crippen LogP contribution is 2.31. The van der Waals surface area contributed by atoms with Gasteiger partial charge in [-0.25, -0.2) is 0 Å². The second-order valence-corrected chi connectivity index (χ2v) is 3.67. The zero-order valence-corrected chi connectivity index (χ0v) is 9.27. The Kier molecular flexibility index (Phi) is 4.48. The smallest absolute Gasteiger partial charge is 0.139 e. The number of benzene rings is 1. The highest BCUT2D eigenvalue weighted by Gasteiger charge is 2.08. The van der Waals surface area contributed by atoms with Crippen molar-refractivity contribution in [1.82, 2.24) is 5.43 Å². The van der Waals surface area contributed by atoms with Gasteiger partial charge in [0.15, 0.2) is 0 Å². The summed E-state index contributed by atoms with van der Waals surface area (Å²) in [7, 11) is 0. The molecular weight excluding hydrogens is 223 g/mol. The fraction of sp³-hybridized carbons (Fsp3) is 0.333. The van der Waals surface area contributed by atoms with Gasteiger partial charge in [0.25, 0.3) is 0 Å². The van der Waals surface area contributed by atoms with Crippen LogP contribution in [-0.4, -0.2) is 12.6 Å². The van der Waals surface area contributed by atoms with Crippen molar-refractivity contribution in [3.05, 3.63) is 28.2 Å². The van der Waals surface area contributed by atoms with Gasteiger partial charge >= 0.3 is 0 Å². The Morgan fingerprint density at radius 2 is 2.21 bits per heavy atom. The van der Waals surface area contributed by atoms with Crippen LogP contribution in [0.25, 0.3) is 0 Å². The van der Waals surface area contributed by atoms with E-state index in [1.54, 1.807) is 18.2 Å². The lowest BCUT2D eigenvalue weighted by molar-refractivity contribution is 0.218. The molecule has 5 heteroatoms. The average Bonchev–Trinajstić information content (AvgIpc) is 2.13. The predicted octanol–water partition coefficient (Wildman–Crippen LogP) is 2.22. The molecule has 1 atom stereocenters. The van der Waals surface area contributed by atoms with E-state index >= 15 is 0 Å². The first-order valence-corrected chi connectivity index (χ1v) is 4.95. The van der Waals surface area contributed by atoms with Gasteiger partial charge in [-0.05, 0) is 19.1 Å². The molecule has 0 aromatic heterocycles. The van der Waals surface area contributed by atoms with Gasteiger partial charge in [0.05, 0.1) is 5.02 Å². The summed E-state index contributed by atoms with van der Waals surface area (Å²) in [6.07, 6.45) is -0.0593. The topological polar surface area (TPSA) is 47.3 Å². The predicted molar refractivity (Wildman–Crippen MR) is 58.7 cm³/mol. The number of hydrazine groups is 1. The van der Waals surface area contributed by atoms with E-state index in [9.17, 15) is 0 Å². The molecule has 0 aliphatic heterocycles. The van der Waals surface area contributed by atoms with Crippen molar-refractivity contribution < 1.29 is 4.74 Å². The van der Waals surface area contributed by atoms with Gasteiger partial charge in [-0.3, -0.25) is 11.3 Å². The van der Waals surface area contributed by atoms with Crippen molar-refractivity contribution in [2.75, 3.05) is 6.54 Å². The molecule has 3 N–H and O–H groups in total. The minimum atomic E-state index is -0.0593. The van der Waals surface area contributed by atoms with E-state index in [1.165, 1.54) is 0 Å². The van der Waals surface area contributed by atoms with Crippen molar-refractivity contribution in [1.29, 1.82) is 0 Å². The van der Waals surface area contributed by atoms with E-state index < -0.39 is 0 Å². The van der Waals surface area contributed by atoms with Gasteiger partial charge < -0.3 is 4.74 Å². The number of hydrogen-bond donors (Lipinski definition) is 2. The van der Waals surface area contributed by atoms with Gasteiger partial charge in [-0.1, -0.05) is 29.3 Å². The molecule has 1 rings (SSSR count). The molecule has 1 unspecified atom stereocenters. The Labute approximate surface area is 93.1 Å². The van der Waals surface area contributed by atoms with Crippen molar-refractivity contribution in [2.45, 2.75) is 13.0 Å². The quantitative estimate of drug-likeness (QED) is 0.621. The maximum Gasteiger partial charge on any atom is 0.139 e. The van der Waals surface area contributed by atoms with Gasteiger partial charge in [0.1, 0.15) is 16.9 Å². The summed E-state index contributed by atoms with van der Waals surface area (Å²) >= 11 is 11.8. The summed E-state index contributed by atoms with van der Waals surface area (Å²) in [5.41, 5.74) is 2.52. The van der Waals surface area contributed by atoms with Crippen molar-refractivity contribution in [3.8, 4) is 5.75 Å². The van der Waals surface area contributed by atoms with Crippen LogP contribution in [0.1, 0.15) is 6.92 Å². The first-order chi connectivity index (χ1) is 6.65. The van der Waals surface area contributed by atoms with E-state index in [-0.39, 0.29) is 6.10 Å². The number of nitrogens with two attached hydrogens (primary N) is 1. The molecule has 0 aliphatic carbocycles. The van der Waals surface area contributed by atoms with Crippen LogP contribution in [0.2, 0.25) is 10.0 Å². The SMILES string of the molecule is CC(CNN)Oc1cccc(Cl)c1Cl. The molecule has 0 bridgehead atoms. The van der Waals surface area contributed by atoms with Crippen LogP contribution in [0.15, 0.2) is 18.2 Å². The Morgan fingerprint density at radius 1 is 1.50 bits per heavy atom. The molecule has 14 heavy (non-hydrogen) atoms. The van der Waals surface area contributed by atoms with Gasteiger partial charge in [-0.15, -0.1) is 0 Å². The van der Waals surface area contributed by atoms with Crippen molar-refractivity contribution in [2.24, 2.45) is 5.84 Å². The number of ether oxygens (including phenoxy) is 1. The zero-order valence-electron chi connectivity index (χ0n) is 7.76. The molecule has 3 nitrogen and oxygen atoms in total. The molecule has 0 spiro atoms. The lowest BCUT2D eigenvalue weighted by Crippen LogP contribution is -2.33. The largest absolute Gasteiger partial charge is 0.488 e. The molecule has 0 fully saturated rings. The average molecular weight is 235 g/mol. The first-order valence-electron chi connectivity index (χ1n) is 4.19. The summed E-state index contributed by atoms with van der Waals surface area (Å²) in [6.45, 7) is 2.43. The zero-order chi connectivity index (χ0) is 10.6. The fourth-order valence-corrected chi connectivity index (χ4v) is 1.34. The Bertz CT molecular complexity index is 307. The monoisotopic (exact) mass is 234 g/mol. The summed E-state index contributed by atoms with van der Waals surface area (Å²) in [6, 6.07) is 5.26. The number of rotatable bonds is 4. The van der Waals surface area contributed by atoms with Crippen LogP contribution in [0.4, 0.5) is 0 Å². The summed E-state index contributed by atoms with van der Waals surface area (Å²) < 4.78 is 5.51. The standard InChI is InChI=1S/C9H12Cl2N2O/c1-6(5-13-12)14-8-4-2-3-7(10)9(8)11/h2-4,6,13H,5,12H2,1H3. The molecular formula is C9H12Cl2N2O. The van der Waals surface area contributed by atoms with E-state index in [4.69, 9.17) is 33.8 Å². The lowest BCUT2D eigenvalue weighted by atomic mass is 10.3. The Morgan fingerprint density at radius 3 is 2.86 bits per heavy atom. The Balaban J connectivity index is 2.71. The van der Waals surface area contributed by atoms with Gasteiger partial charge in [-0.2, -0.15) is 0 Å². The highest BCUT2D eigenvalue weighted by atomic mass is 35.5. The molecule has 0 radical (unpaired) electrons. The number of nitrogens with one attached hydrogen (secondary N) is 1. The van der Waals surface area contributed by atoms with Crippen LogP contribution >= 0.6 is 23.2 Å². The molecule has 1 aromatic carbocycles. The maximum atomic E-state index is 5.93. The van der Waals surface area contributed by atoms with E-state index in [0.29, 0.717) is 22.3 Å². The normalized spacial score (nSPS) is 12.6. The van der Waals surface area contributed by atoms with E-state index in [2.05, 4.69) is 5.43 Å². The van der Waals surface area contributed by atoms with Crippen LogP contribution in [0, 0.1) is 0 Å². The molecule has 0 aliphatic rings. The third kappa shape index (κ3) is 3.03. The van der Waals surface area contributed by atoms with E-state index in [1.807, 2.05) is 6.92 Å². The van der Waals surface area contributed by atoms with Crippen LogP contribution < -0.4 is 16.0 Å². The number of hydrogen-bond acceptors (Lipinski definition) is 3. The van der Waals surface area contributed by atoms with Gasteiger partial charge in [0, 0.05) is 6.54 Å². The van der Waals surface area contributed by atoms with Crippen molar-refractivity contribution >= 4 is 23.2 Å². The Hall–Kier alpha value is -0.480. The van der Waals surface area contributed by atoms with Crippen molar-refractivity contribution in [3.63, 3.8) is 0 Å². The second-order valence-electron chi connectivity index (χ2n) is 2.89. The van der Waals surface area contributed by atoms with Gasteiger partial charge in [0.2, 0.25) is 0 Å². The fourth-order valence-electron chi connectivity index (χ4n) is 0.999. The summed E-state index contributed by atoms with van der Waals surface area (Å²) in [5.74, 6) is 5.73. The second kappa shape index (κ2) is 5.41. The molecule has 78 valence electrons.